The summed E-state index contributed by atoms with van der Waals surface area (Å²) in [7, 11) is 0. The fourth-order valence-corrected chi connectivity index (χ4v) is 1.36. The lowest BCUT2D eigenvalue weighted by atomic mass is 10.3. The lowest BCUT2D eigenvalue weighted by Crippen LogP contribution is -2.26. The van der Waals surface area contributed by atoms with Crippen LogP contribution in [0.2, 0.25) is 0 Å². The molecule has 0 saturated heterocycles. The maximum absolute atomic E-state index is 10.7. The summed E-state index contributed by atoms with van der Waals surface area (Å²) in [5.41, 5.74) is 0.986. The van der Waals surface area contributed by atoms with Crippen LogP contribution in [-0.2, 0) is 4.79 Å². The van der Waals surface area contributed by atoms with Gasteiger partial charge in [0.25, 0.3) is 0 Å². The van der Waals surface area contributed by atoms with Crippen molar-refractivity contribution in [2.45, 2.75) is 27.2 Å². The predicted octanol–water partition coefficient (Wildman–Crippen LogP) is 1.15. The SMILES string of the molecule is CCCNc1ncc(C)c(NCCNC(C)=O)n1. The van der Waals surface area contributed by atoms with Gasteiger partial charge in [-0.05, 0) is 13.3 Å². The van der Waals surface area contributed by atoms with Gasteiger partial charge < -0.3 is 16.0 Å². The van der Waals surface area contributed by atoms with Crippen LogP contribution in [0.1, 0.15) is 25.8 Å². The number of nitrogens with zero attached hydrogens (tertiary/aromatic N) is 2. The van der Waals surface area contributed by atoms with Crippen LogP contribution in [0, 0.1) is 6.92 Å². The summed E-state index contributed by atoms with van der Waals surface area (Å²) in [4.78, 5) is 19.3. The molecule has 0 atom stereocenters. The third-order valence-electron chi connectivity index (χ3n) is 2.30. The summed E-state index contributed by atoms with van der Waals surface area (Å²) >= 11 is 0. The Kier molecular flexibility index (Phi) is 5.90. The Morgan fingerprint density at radius 1 is 1.28 bits per heavy atom. The minimum Gasteiger partial charge on any atom is -0.368 e. The molecule has 1 heterocycles. The van der Waals surface area contributed by atoms with Crippen LogP contribution in [-0.4, -0.2) is 35.5 Å². The smallest absolute Gasteiger partial charge is 0.224 e. The van der Waals surface area contributed by atoms with E-state index in [9.17, 15) is 4.79 Å². The van der Waals surface area contributed by atoms with Crippen LogP contribution in [0.15, 0.2) is 6.20 Å². The van der Waals surface area contributed by atoms with E-state index in [0.717, 1.165) is 24.3 Å². The van der Waals surface area contributed by atoms with Crippen molar-refractivity contribution in [2.75, 3.05) is 30.3 Å². The van der Waals surface area contributed by atoms with Crippen LogP contribution in [0.4, 0.5) is 11.8 Å². The first-order valence-electron chi connectivity index (χ1n) is 6.19. The van der Waals surface area contributed by atoms with E-state index in [4.69, 9.17) is 0 Å². The number of carbonyl (C=O) groups excluding carboxylic acids is 1. The molecule has 0 bridgehead atoms. The summed E-state index contributed by atoms with van der Waals surface area (Å²) in [5, 5.41) is 9.04. The van der Waals surface area contributed by atoms with Crippen molar-refractivity contribution in [3.8, 4) is 0 Å². The van der Waals surface area contributed by atoms with Crippen molar-refractivity contribution in [1.29, 1.82) is 0 Å². The standard InChI is InChI=1S/C12H21N5O/c1-4-5-15-12-16-8-9(2)11(17-12)14-7-6-13-10(3)18/h8H,4-7H2,1-3H3,(H,13,18)(H2,14,15,16,17). The van der Waals surface area contributed by atoms with E-state index in [1.54, 1.807) is 6.20 Å². The molecule has 0 radical (unpaired) electrons. The maximum Gasteiger partial charge on any atom is 0.224 e. The lowest BCUT2D eigenvalue weighted by molar-refractivity contribution is -0.118. The second-order valence-electron chi connectivity index (χ2n) is 4.06. The molecule has 0 aliphatic rings. The molecule has 0 unspecified atom stereocenters. The second-order valence-corrected chi connectivity index (χ2v) is 4.06. The zero-order valence-corrected chi connectivity index (χ0v) is 11.2. The van der Waals surface area contributed by atoms with Gasteiger partial charge in [0.05, 0.1) is 0 Å². The topological polar surface area (TPSA) is 78.9 Å². The molecule has 1 rings (SSSR count). The number of amides is 1. The molecule has 0 fully saturated rings. The second kappa shape index (κ2) is 7.47. The lowest BCUT2D eigenvalue weighted by Gasteiger charge is -2.10. The minimum absolute atomic E-state index is 0.0264. The van der Waals surface area contributed by atoms with E-state index in [2.05, 4.69) is 32.8 Å². The van der Waals surface area contributed by atoms with Gasteiger partial charge in [0.15, 0.2) is 0 Å². The van der Waals surface area contributed by atoms with E-state index < -0.39 is 0 Å². The fourth-order valence-electron chi connectivity index (χ4n) is 1.36. The Balaban J connectivity index is 2.49. The van der Waals surface area contributed by atoms with Gasteiger partial charge >= 0.3 is 0 Å². The largest absolute Gasteiger partial charge is 0.368 e. The van der Waals surface area contributed by atoms with Crippen LogP contribution in [0.3, 0.4) is 0 Å². The quantitative estimate of drug-likeness (QED) is 0.634. The fraction of sp³-hybridized carbons (Fsp3) is 0.583. The van der Waals surface area contributed by atoms with Crippen molar-refractivity contribution in [3.05, 3.63) is 11.8 Å². The number of carbonyl (C=O) groups is 1. The van der Waals surface area contributed by atoms with E-state index in [-0.39, 0.29) is 5.91 Å². The van der Waals surface area contributed by atoms with Gasteiger partial charge in [0, 0.05) is 38.3 Å². The van der Waals surface area contributed by atoms with Crippen LogP contribution >= 0.6 is 0 Å². The highest BCUT2D eigenvalue weighted by atomic mass is 16.1. The highest BCUT2D eigenvalue weighted by molar-refractivity contribution is 5.72. The third-order valence-corrected chi connectivity index (χ3v) is 2.30. The minimum atomic E-state index is -0.0264. The summed E-state index contributed by atoms with van der Waals surface area (Å²) in [6.45, 7) is 7.62. The van der Waals surface area contributed by atoms with Crippen molar-refractivity contribution in [2.24, 2.45) is 0 Å². The van der Waals surface area contributed by atoms with Crippen molar-refractivity contribution < 1.29 is 4.79 Å². The monoisotopic (exact) mass is 251 g/mol. The molecule has 6 heteroatoms. The number of aryl methyl sites for hydroxylation is 1. The van der Waals surface area contributed by atoms with Gasteiger partial charge in [-0.15, -0.1) is 0 Å². The molecular formula is C12H21N5O. The molecule has 0 aromatic carbocycles. The van der Waals surface area contributed by atoms with E-state index in [1.165, 1.54) is 6.92 Å². The number of anilines is 2. The van der Waals surface area contributed by atoms with Gasteiger partial charge in [0.1, 0.15) is 5.82 Å². The first-order chi connectivity index (χ1) is 8.63. The Labute approximate surface area is 108 Å². The molecule has 0 aliphatic heterocycles. The highest BCUT2D eigenvalue weighted by Gasteiger charge is 2.02. The Bertz CT molecular complexity index is 394. The van der Waals surface area contributed by atoms with Gasteiger partial charge in [-0.25, -0.2) is 4.98 Å². The maximum atomic E-state index is 10.7. The van der Waals surface area contributed by atoms with Gasteiger partial charge in [-0.2, -0.15) is 4.98 Å². The molecule has 1 aromatic rings. The summed E-state index contributed by atoms with van der Waals surface area (Å²) < 4.78 is 0. The average molecular weight is 251 g/mol. The normalized spacial score (nSPS) is 9.94. The first kappa shape index (κ1) is 14.2. The number of rotatable bonds is 7. The molecule has 0 aliphatic carbocycles. The number of nitrogens with one attached hydrogen (secondary N) is 3. The molecule has 6 nitrogen and oxygen atoms in total. The van der Waals surface area contributed by atoms with E-state index >= 15 is 0 Å². The Morgan fingerprint density at radius 2 is 2.06 bits per heavy atom. The van der Waals surface area contributed by atoms with Crippen molar-refractivity contribution >= 4 is 17.7 Å². The first-order valence-corrected chi connectivity index (χ1v) is 6.19. The highest BCUT2D eigenvalue weighted by Crippen LogP contribution is 2.11. The molecule has 1 aromatic heterocycles. The van der Waals surface area contributed by atoms with Gasteiger partial charge in [-0.1, -0.05) is 6.92 Å². The average Bonchev–Trinajstić information content (AvgIpc) is 2.34. The van der Waals surface area contributed by atoms with E-state index in [1.807, 2.05) is 6.92 Å². The zero-order chi connectivity index (χ0) is 13.4. The van der Waals surface area contributed by atoms with Crippen molar-refractivity contribution in [3.63, 3.8) is 0 Å². The zero-order valence-electron chi connectivity index (χ0n) is 11.2. The van der Waals surface area contributed by atoms with Crippen molar-refractivity contribution in [1.82, 2.24) is 15.3 Å². The molecule has 3 N–H and O–H groups in total. The summed E-state index contributed by atoms with van der Waals surface area (Å²) in [5.74, 6) is 1.40. The third kappa shape index (κ3) is 4.99. The van der Waals surface area contributed by atoms with Crippen LogP contribution in [0.25, 0.3) is 0 Å². The van der Waals surface area contributed by atoms with Gasteiger partial charge in [-0.3, -0.25) is 4.79 Å². The Hall–Kier alpha value is -1.85. The number of hydrogen-bond donors (Lipinski definition) is 3. The number of aromatic nitrogens is 2. The van der Waals surface area contributed by atoms with Gasteiger partial charge in [0.2, 0.25) is 11.9 Å². The summed E-state index contributed by atoms with van der Waals surface area (Å²) in [6.07, 6.45) is 2.81. The predicted molar refractivity (Wildman–Crippen MR) is 72.7 cm³/mol. The molecule has 18 heavy (non-hydrogen) atoms. The molecule has 0 saturated carbocycles. The molecular weight excluding hydrogens is 230 g/mol. The number of hydrogen-bond acceptors (Lipinski definition) is 5. The molecule has 100 valence electrons. The Morgan fingerprint density at radius 3 is 2.72 bits per heavy atom. The summed E-state index contributed by atoms with van der Waals surface area (Å²) in [6, 6.07) is 0. The molecule has 1 amide bonds. The van der Waals surface area contributed by atoms with Crippen LogP contribution < -0.4 is 16.0 Å². The molecule has 0 spiro atoms. The van der Waals surface area contributed by atoms with E-state index in [0.29, 0.717) is 19.0 Å². The van der Waals surface area contributed by atoms with Crippen LogP contribution in [0.5, 0.6) is 0 Å².